The van der Waals surface area contributed by atoms with Crippen LogP contribution in [-0.2, 0) is 12.6 Å². The first-order valence-electron chi connectivity index (χ1n) is 4.40. The van der Waals surface area contributed by atoms with Crippen molar-refractivity contribution in [1.82, 2.24) is 5.32 Å². The standard InChI is InChI=1S/C9H17NS2.K/c1-2-3-4-5-6-7-8-10-9(11)12;/h7-8H,2-6H2,1H3,(H2,10,11,12);/q;+1/p-1. The molecule has 0 radical (unpaired) electrons. The van der Waals surface area contributed by atoms with E-state index >= 15 is 0 Å². The van der Waals surface area contributed by atoms with E-state index in [1.54, 1.807) is 0 Å². The Morgan fingerprint density at radius 1 is 1.38 bits per heavy atom. The number of allylic oxidation sites excluding steroid dienone is 1. The third kappa shape index (κ3) is 16.2. The topological polar surface area (TPSA) is 12.0 Å². The summed E-state index contributed by atoms with van der Waals surface area (Å²) in [4.78, 5) is 0. The molecule has 4 heteroatoms. The second-order valence-corrected chi connectivity index (χ2v) is 3.76. The first kappa shape index (κ1) is 16.9. The van der Waals surface area contributed by atoms with Crippen LogP contribution in [0.3, 0.4) is 0 Å². The molecule has 1 nitrogen and oxygen atoms in total. The summed E-state index contributed by atoms with van der Waals surface area (Å²) in [5.41, 5.74) is 0. The minimum Gasteiger partial charge on any atom is -0.411 e. The van der Waals surface area contributed by atoms with Crippen LogP contribution in [0.4, 0.5) is 0 Å². The van der Waals surface area contributed by atoms with Crippen LogP contribution in [0.15, 0.2) is 12.3 Å². The fraction of sp³-hybridized carbons (Fsp3) is 0.667. The van der Waals surface area contributed by atoms with Gasteiger partial charge in [-0.05, 0) is 19.0 Å². The van der Waals surface area contributed by atoms with Gasteiger partial charge in [0.15, 0.2) is 0 Å². The summed E-state index contributed by atoms with van der Waals surface area (Å²) in [6.45, 7) is 2.22. The van der Waals surface area contributed by atoms with Crippen LogP contribution in [0, 0.1) is 0 Å². The van der Waals surface area contributed by atoms with E-state index in [2.05, 4.69) is 43.2 Å². The van der Waals surface area contributed by atoms with Crippen LogP contribution >= 0.6 is 12.2 Å². The molecule has 70 valence electrons. The molecular weight excluding hydrogens is 225 g/mol. The summed E-state index contributed by atoms with van der Waals surface area (Å²) in [7, 11) is 0. The van der Waals surface area contributed by atoms with Gasteiger partial charge in [0.2, 0.25) is 0 Å². The number of unbranched alkanes of at least 4 members (excludes halogenated alkanes) is 4. The van der Waals surface area contributed by atoms with E-state index in [4.69, 9.17) is 0 Å². The summed E-state index contributed by atoms with van der Waals surface area (Å²) in [5.74, 6) is 0. The van der Waals surface area contributed by atoms with Crippen LogP contribution in [0.1, 0.15) is 39.0 Å². The van der Waals surface area contributed by atoms with Gasteiger partial charge in [-0.15, -0.1) is 0 Å². The largest absolute Gasteiger partial charge is 1.00 e. The molecule has 0 aromatic heterocycles. The average Bonchev–Trinajstić information content (AvgIpc) is 2.02. The van der Waals surface area contributed by atoms with Crippen molar-refractivity contribution in [3.63, 3.8) is 0 Å². The Bertz CT molecular complexity index is 149. The molecular formula is C9H16KNS2. The van der Waals surface area contributed by atoms with Gasteiger partial charge in [-0.2, -0.15) is 0 Å². The Hall–Kier alpha value is 1.49. The quantitative estimate of drug-likeness (QED) is 0.302. The minimum absolute atomic E-state index is 0. The van der Waals surface area contributed by atoms with E-state index in [9.17, 15) is 0 Å². The molecule has 0 spiro atoms. The Kier molecular flexibility index (Phi) is 17.5. The fourth-order valence-electron chi connectivity index (χ4n) is 0.899. The third-order valence-corrected chi connectivity index (χ3v) is 1.78. The van der Waals surface area contributed by atoms with Gasteiger partial charge in [-0.25, -0.2) is 0 Å². The van der Waals surface area contributed by atoms with E-state index in [1.807, 2.05) is 6.20 Å². The second kappa shape index (κ2) is 13.5. The van der Waals surface area contributed by atoms with Crippen molar-refractivity contribution in [3.8, 4) is 0 Å². The SMILES string of the molecule is CCCCCCC=CNC(=S)[S-].[K+]. The summed E-state index contributed by atoms with van der Waals surface area (Å²) < 4.78 is 0.416. The van der Waals surface area contributed by atoms with Gasteiger partial charge in [-0.1, -0.05) is 36.6 Å². The van der Waals surface area contributed by atoms with Gasteiger partial charge in [0.05, 0.1) is 0 Å². The second-order valence-electron chi connectivity index (χ2n) is 2.68. The Morgan fingerprint density at radius 3 is 2.62 bits per heavy atom. The van der Waals surface area contributed by atoms with E-state index < -0.39 is 0 Å². The van der Waals surface area contributed by atoms with Crippen molar-refractivity contribution in [2.24, 2.45) is 0 Å². The number of rotatable bonds is 6. The molecule has 13 heavy (non-hydrogen) atoms. The van der Waals surface area contributed by atoms with Crippen LogP contribution < -0.4 is 56.7 Å². The molecule has 0 saturated heterocycles. The maximum absolute atomic E-state index is 4.67. The molecule has 0 fully saturated rings. The summed E-state index contributed by atoms with van der Waals surface area (Å²) >= 11 is 9.34. The first-order valence-corrected chi connectivity index (χ1v) is 5.21. The number of thiocarbonyl (C=S) groups is 1. The van der Waals surface area contributed by atoms with Gasteiger partial charge >= 0.3 is 51.4 Å². The van der Waals surface area contributed by atoms with Crippen molar-refractivity contribution in [1.29, 1.82) is 0 Å². The number of nitrogens with one attached hydrogen (secondary N) is 1. The average molecular weight is 241 g/mol. The van der Waals surface area contributed by atoms with Crippen LogP contribution in [-0.4, -0.2) is 4.32 Å². The molecule has 0 bridgehead atoms. The predicted octanol–water partition coefficient (Wildman–Crippen LogP) is -0.104. The predicted molar refractivity (Wildman–Crippen MR) is 61.0 cm³/mol. The molecule has 0 heterocycles. The van der Waals surface area contributed by atoms with Gasteiger partial charge < -0.3 is 30.2 Å². The maximum atomic E-state index is 4.67. The summed E-state index contributed by atoms with van der Waals surface area (Å²) in [6, 6.07) is 0. The smallest absolute Gasteiger partial charge is 0.411 e. The number of hydrogen-bond donors (Lipinski definition) is 1. The molecule has 0 aromatic carbocycles. The van der Waals surface area contributed by atoms with Gasteiger partial charge in [0.1, 0.15) is 0 Å². The van der Waals surface area contributed by atoms with Crippen LogP contribution in [0.25, 0.3) is 0 Å². The van der Waals surface area contributed by atoms with Crippen molar-refractivity contribution in [2.75, 3.05) is 0 Å². The van der Waals surface area contributed by atoms with E-state index in [1.165, 1.54) is 25.7 Å². The Balaban J connectivity index is 0. The Labute approximate surface area is 135 Å². The van der Waals surface area contributed by atoms with E-state index in [-0.39, 0.29) is 51.4 Å². The summed E-state index contributed by atoms with van der Waals surface area (Å²) in [5, 5.41) is 2.80. The minimum atomic E-state index is 0. The monoisotopic (exact) mass is 241 g/mol. The molecule has 0 unspecified atom stereocenters. The molecule has 0 aromatic rings. The van der Waals surface area contributed by atoms with Crippen LogP contribution in [0.2, 0.25) is 0 Å². The van der Waals surface area contributed by atoms with Gasteiger partial charge in [0.25, 0.3) is 0 Å². The van der Waals surface area contributed by atoms with Crippen LogP contribution in [0.5, 0.6) is 0 Å². The molecule has 0 aliphatic carbocycles. The zero-order valence-corrected chi connectivity index (χ0v) is 13.3. The first-order chi connectivity index (χ1) is 5.77. The zero-order chi connectivity index (χ0) is 9.23. The molecule has 0 amide bonds. The van der Waals surface area contributed by atoms with Crippen molar-refractivity contribution < 1.29 is 51.4 Å². The van der Waals surface area contributed by atoms with E-state index in [0.29, 0.717) is 4.32 Å². The third-order valence-electron chi connectivity index (χ3n) is 1.54. The number of hydrogen-bond acceptors (Lipinski definition) is 2. The summed E-state index contributed by atoms with van der Waals surface area (Å²) in [6.07, 6.45) is 10.2. The molecule has 0 atom stereocenters. The van der Waals surface area contributed by atoms with Crippen molar-refractivity contribution in [2.45, 2.75) is 39.0 Å². The van der Waals surface area contributed by atoms with E-state index in [0.717, 1.165) is 6.42 Å². The maximum Gasteiger partial charge on any atom is 1.00 e. The molecule has 0 rings (SSSR count). The molecule has 1 N–H and O–H groups in total. The molecule has 0 aliphatic heterocycles. The Morgan fingerprint density at radius 2 is 2.08 bits per heavy atom. The van der Waals surface area contributed by atoms with Gasteiger partial charge in [0, 0.05) is 0 Å². The zero-order valence-electron chi connectivity index (χ0n) is 8.51. The van der Waals surface area contributed by atoms with Crippen molar-refractivity contribution >= 4 is 29.2 Å². The fourth-order valence-corrected chi connectivity index (χ4v) is 1.04. The molecule has 0 saturated carbocycles. The van der Waals surface area contributed by atoms with Gasteiger partial charge in [-0.3, -0.25) is 0 Å². The molecule has 0 aliphatic rings. The van der Waals surface area contributed by atoms with Crippen molar-refractivity contribution in [3.05, 3.63) is 12.3 Å². The normalized spacial score (nSPS) is 9.62.